The molecule has 0 unspecified atom stereocenters. The molecule has 0 bridgehead atoms. The van der Waals surface area contributed by atoms with Crippen LogP contribution in [0.3, 0.4) is 0 Å². The van der Waals surface area contributed by atoms with Crippen molar-refractivity contribution in [2.75, 3.05) is 0 Å². The Balaban J connectivity index is 0.000000216. The fourth-order valence-electron chi connectivity index (χ4n) is 5.39. The zero-order valence-corrected chi connectivity index (χ0v) is 29.7. The number of nitrogens with zero attached hydrogens (tertiary/aromatic N) is 6. The molecule has 0 aromatic heterocycles. The van der Waals surface area contributed by atoms with E-state index in [-0.39, 0.29) is 73.8 Å². The van der Waals surface area contributed by atoms with Crippen LogP contribution in [0, 0.1) is 20.2 Å². The fourth-order valence-corrected chi connectivity index (χ4v) is 6.10. The summed E-state index contributed by atoms with van der Waals surface area (Å²) in [5.74, 6) is -1.11. The number of phenolic OH excluding ortho intramolecular Hbond substituents is 4. The number of benzene rings is 7. The van der Waals surface area contributed by atoms with E-state index >= 15 is 0 Å². The van der Waals surface area contributed by atoms with Gasteiger partial charge in [-0.15, -0.1) is 20.5 Å². The third-order valence-corrected chi connectivity index (χ3v) is 8.85. The minimum Gasteiger partial charge on any atom is -0.506 e. The van der Waals surface area contributed by atoms with Gasteiger partial charge in [-0.25, -0.2) is 0 Å². The number of phenols is 4. The SMILES string of the molecule is O=[N+]([O-])c1ccc(O)c(N=Nc2c(O)ccc3ccccc23)c1.O=[N+]([O-])c1ccc2c(N=Nc3c(O)ccc4ccccc34)c(O)cc(S(=O)(=O)O)c2c1.[Cr]. The van der Waals surface area contributed by atoms with E-state index in [4.69, 9.17) is 0 Å². The fraction of sp³-hybridized carbons (Fsp3) is 0. The Morgan fingerprint density at radius 1 is 0.491 bits per heavy atom. The normalized spacial score (nSPS) is 11.4. The van der Waals surface area contributed by atoms with Crippen LogP contribution >= 0.6 is 0 Å². The maximum Gasteiger partial charge on any atom is 0.295 e. The van der Waals surface area contributed by atoms with Gasteiger partial charge in [0.1, 0.15) is 50.6 Å². The van der Waals surface area contributed by atoms with Crippen LogP contribution in [0.5, 0.6) is 23.0 Å². The van der Waals surface area contributed by atoms with Crippen LogP contribution in [0.2, 0.25) is 0 Å². The summed E-state index contributed by atoms with van der Waals surface area (Å²) < 4.78 is 33.0. The third kappa shape index (κ3) is 8.30. The number of azo groups is 2. The van der Waals surface area contributed by atoms with E-state index < -0.39 is 36.3 Å². The molecule has 0 amide bonds. The average molecular weight is 801 g/mol. The first-order valence-corrected chi connectivity index (χ1v) is 16.8. The van der Waals surface area contributed by atoms with Crippen molar-refractivity contribution in [2.24, 2.45) is 20.5 Å². The molecule has 0 saturated heterocycles. The first-order valence-electron chi connectivity index (χ1n) is 15.4. The summed E-state index contributed by atoms with van der Waals surface area (Å²) in [5, 5.41) is 80.7. The molecule has 0 radical (unpaired) electrons. The Morgan fingerprint density at radius 2 is 0.945 bits per heavy atom. The molecule has 0 aliphatic rings. The predicted molar refractivity (Wildman–Crippen MR) is 196 cm³/mol. The summed E-state index contributed by atoms with van der Waals surface area (Å²) in [4.78, 5) is 19.9. The molecule has 7 aromatic carbocycles. The van der Waals surface area contributed by atoms with E-state index in [9.17, 15) is 53.6 Å². The second kappa shape index (κ2) is 15.9. The molecule has 5 N–H and O–H groups in total. The summed E-state index contributed by atoms with van der Waals surface area (Å²) >= 11 is 0. The van der Waals surface area contributed by atoms with E-state index in [1.165, 1.54) is 30.3 Å². The maximum absolute atomic E-state index is 11.7. The van der Waals surface area contributed by atoms with Crippen LogP contribution in [-0.4, -0.2) is 43.2 Å². The summed E-state index contributed by atoms with van der Waals surface area (Å²) in [6.07, 6.45) is 0. The van der Waals surface area contributed by atoms with Crippen molar-refractivity contribution in [3.63, 3.8) is 0 Å². The van der Waals surface area contributed by atoms with Crippen molar-refractivity contribution in [3.8, 4) is 23.0 Å². The molecule has 276 valence electrons. The van der Waals surface area contributed by atoms with Gasteiger partial charge in [0, 0.05) is 69.2 Å². The number of fused-ring (bicyclic) bond motifs is 3. The van der Waals surface area contributed by atoms with Crippen LogP contribution in [0.1, 0.15) is 0 Å². The standard InChI is InChI=1S/C20H13N3O7S.C16H11N3O4.Cr/c24-16-8-5-11-3-1-2-4-13(11)19(16)21-22-20-14-7-6-12(23(26)27)9-15(14)18(10-17(20)25)31(28,29)30;20-14-8-6-11(19(22)23)9-13(14)17-18-16-12-4-2-1-3-10(12)5-7-15(16)21;/h1-10,24-25H,(H,28,29,30);1-9,20-21H;. The van der Waals surface area contributed by atoms with Gasteiger partial charge in [-0.05, 0) is 35.0 Å². The van der Waals surface area contributed by atoms with Crippen LogP contribution in [0.25, 0.3) is 32.3 Å². The molecule has 17 nitrogen and oxygen atoms in total. The summed E-state index contributed by atoms with van der Waals surface area (Å²) in [7, 11) is -4.81. The summed E-state index contributed by atoms with van der Waals surface area (Å²) in [5.41, 5.74) is -0.520. The number of nitro benzene ring substituents is 2. The molecule has 0 atom stereocenters. The van der Waals surface area contributed by atoms with Crippen molar-refractivity contribution in [2.45, 2.75) is 4.90 Å². The van der Waals surface area contributed by atoms with Gasteiger partial charge in [-0.3, -0.25) is 24.8 Å². The second-order valence-electron chi connectivity index (χ2n) is 11.3. The van der Waals surface area contributed by atoms with E-state index in [2.05, 4.69) is 20.5 Å². The number of hydrogen-bond donors (Lipinski definition) is 5. The van der Waals surface area contributed by atoms with Crippen LogP contribution in [0.4, 0.5) is 34.1 Å². The first-order chi connectivity index (χ1) is 25.7. The molecule has 0 aliphatic heterocycles. The largest absolute Gasteiger partial charge is 0.506 e. The molecule has 55 heavy (non-hydrogen) atoms. The van der Waals surface area contributed by atoms with E-state index in [1.807, 2.05) is 12.1 Å². The zero-order valence-electron chi connectivity index (χ0n) is 27.7. The average Bonchev–Trinajstić information content (AvgIpc) is 3.14. The smallest absolute Gasteiger partial charge is 0.295 e. The molecular weight excluding hydrogens is 776 g/mol. The van der Waals surface area contributed by atoms with Gasteiger partial charge in [-0.1, -0.05) is 60.7 Å². The minimum absolute atomic E-state index is 0. The van der Waals surface area contributed by atoms with Crippen molar-refractivity contribution < 1.29 is 60.6 Å². The molecule has 7 aromatic rings. The van der Waals surface area contributed by atoms with Gasteiger partial charge in [0.05, 0.1) is 9.85 Å². The second-order valence-corrected chi connectivity index (χ2v) is 12.7. The molecule has 7 rings (SSSR count). The first kappa shape index (κ1) is 39.2. The molecule has 19 heteroatoms. The van der Waals surface area contributed by atoms with Crippen molar-refractivity contribution in [3.05, 3.63) is 135 Å². The number of rotatable bonds is 7. The molecule has 0 saturated carbocycles. The van der Waals surface area contributed by atoms with Crippen molar-refractivity contribution in [1.82, 2.24) is 0 Å². The molecule has 0 spiro atoms. The molecule has 0 aliphatic carbocycles. The predicted octanol–water partition coefficient (Wildman–Crippen LogP) is 9.55. The van der Waals surface area contributed by atoms with Gasteiger partial charge >= 0.3 is 0 Å². The van der Waals surface area contributed by atoms with Gasteiger partial charge in [0.2, 0.25) is 0 Å². The Morgan fingerprint density at radius 3 is 1.47 bits per heavy atom. The third-order valence-electron chi connectivity index (χ3n) is 7.96. The number of hydrogen-bond acceptors (Lipinski definition) is 14. The topological polar surface area (TPSA) is 271 Å². The van der Waals surface area contributed by atoms with Crippen molar-refractivity contribution >= 4 is 76.6 Å². The van der Waals surface area contributed by atoms with Gasteiger partial charge in [0.25, 0.3) is 21.5 Å². The Hall–Kier alpha value is -7.04. The maximum atomic E-state index is 11.7. The van der Waals surface area contributed by atoms with Crippen LogP contribution in [0.15, 0.2) is 141 Å². The number of aromatic hydroxyl groups is 4. The zero-order chi connectivity index (χ0) is 38.7. The van der Waals surface area contributed by atoms with E-state index in [0.717, 1.165) is 35.0 Å². The molecule has 0 heterocycles. The Labute approximate surface area is 320 Å². The minimum atomic E-state index is -4.81. The van der Waals surface area contributed by atoms with Gasteiger partial charge in [0.15, 0.2) is 0 Å². The monoisotopic (exact) mass is 800 g/mol. The quantitative estimate of drug-likeness (QED) is 0.0438. The van der Waals surface area contributed by atoms with Crippen molar-refractivity contribution in [1.29, 1.82) is 0 Å². The summed E-state index contributed by atoms with van der Waals surface area (Å²) in [6, 6.07) is 28.2. The van der Waals surface area contributed by atoms with E-state index in [0.29, 0.717) is 10.8 Å². The molecule has 0 fully saturated rings. The van der Waals surface area contributed by atoms with Crippen LogP contribution < -0.4 is 0 Å². The van der Waals surface area contributed by atoms with Gasteiger partial charge < -0.3 is 20.4 Å². The van der Waals surface area contributed by atoms with E-state index in [1.54, 1.807) is 48.5 Å². The molecular formula is C36H24CrN6O11S. The Kier molecular flexibility index (Phi) is 11.3. The Bertz CT molecular complexity index is 2840. The van der Waals surface area contributed by atoms with Crippen LogP contribution in [-0.2, 0) is 27.5 Å². The number of nitro groups is 2. The summed E-state index contributed by atoms with van der Waals surface area (Å²) in [6.45, 7) is 0. The van der Waals surface area contributed by atoms with Gasteiger partial charge in [-0.2, -0.15) is 8.42 Å². The number of non-ortho nitro benzene ring substituents is 2.